The largest absolute Gasteiger partial charge is 0.350 e. The first kappa shape index (κ1) is 18.7. The lowest BCUT2D eigenvalue weighted by molar-refractivity contribution is -0.116. The van der Waals surface area contributed by atoms with E-state index in [2.05, 4.69) is 22.8 Å². The van der Waals surface area contributed by atoms with Crippen molar-refractivity contribution in [2.24, 2.45) is 0 Å². The van der Waals surface area contributed by atoms with E-state index in [1.54, 1.807) is 6.92 Å². The van der Waals surface area contributed by atoms with Crippen LogP contribution < -0.4 is 15.5 Å². The summed E-state index contributed by atoms with van der Waals surface area (Å²) in [5.74, 6) is 0.0691. The molecule has 146 valence electrons. The van der Waals surface area contributed by atoms with E-state index >= 15 is 0 Å². The minimum Gasteiger partial charge on any atom is -0.350 e. The third kappa shape index (κ3) is 3.94. The Morgan fingerprint density at radius 1 is 1.11 bits per heavy atom. The predicted molar refractivity (Wildman–Crippen MR) is 112 cm³/mol. The van der Waals surface area contributed by atoms with Gasteiger partial charge in [0.1, 0.15) is 0 Å². The molecule has 2 amide bonds. The molecule has 0 aliphatic carbocycles. The summed E-state index contributed by atoms with van der Waals surface area (Å²) in [7, 11) is 0. The van der Waals surface area contributed by atoms with Crippen molar-refractivity contribution in [3.05, 3.63) is 53.6 Å². The molecule has 0 saturated carbocycles. The number of carbonyl (C=O) groups is 2. The van der Waals surface area contributed by atoms with E-state index in [0.717, 1.165) is 49.2 Å². The number of carbonyl (C=O) groups excluding carboxylic acids is 2. The standard InChI is InChI=1S/C23H27N3O2/c1-16(27)26-13-3-4-20-14-19(10-11-22(20)26)17-6-8-18(9-7-17)23(28)25-15-21-5-2-12-24-21/h6-11,14,21,24H,2-5,12-13,15H2,1H3,(H,25,28)/t21-/m0/s1. The van der Waals surface area contributed by atoms with Crippen LogP contribution in [-0.2, 0) is 11.2 Å². The van der Waals surface area contributed by atoms with Crippen LogP contribution in [0.1, 0.15) is 42.1 Å². The zero-order valence-electron chi connectivity index (χ0n) is 16.3. The van der Waals surface area contributed by atoms with E-state index in [1.807, 2.05) is 35.2 Å². The number of aryl methyl sites for hydroxylation is 1. The average Bonchev–Trinajstić information content (AvgIpc) is 3.25. The molecule has 1 fully saturated rings. The van der Waals surface area contributed by atoms with Crippen LogP contribution in [0.3, 0.4) is 0 Å². The lowest BCUT2D eigenvalue weighted by atomic mass is 9.95. The minimum absolute atomic E-state index is 0.0252. The van der Waals surface area contributed by atoms with Crippen LogP contribution in [-0.4, -0.2) is 37.5 Å². The molecular formula is C23H27N3O2. The third-order valence-electron chi connectivity index (χ3n) is 5.73. The van der Waals surface area contributed by atoms with E-state index in [1.165, 1.54) is 12.0 Å². The maximum Gasteiger partial charge on any atom is 0.251 e. The molecule has 2 aliphatic heterocycles. The molecule has 1 atom stereocenters. The van der Waals surface area contributed by atoms with Gasteiger partial charge in [-0.2, -0.15) is 0 Å². The zero-order valence-corrected chi connectivity index (χ0v) is 16.3. The molecule has 0 bridgehead atoms. The van der Waals surface area contributed by atoms with Gasteiger partial charge in [-0.25, -0.2) is 0 Å². The van der Waals surface area contributed by atoms with Crippen LogP contribution in [0.4, 0.5) is 5.69 Å². The van der Waals surface area contributed by atoms with Crippen molar-refractivity contribution < 1.29 is 9.59 Å². The smallest absolute Gasteiger partial charge is 0.251 e. The highest BCUT2D eigenvalue weighted by molar-refractivity contribution is 5.95. The number of fused-ring (bicyclic) bond motifs is 1. The molecule has 0 radical (unpaired) electrons. The summed E-state index contributed by atoms with van der Waals surface area (Å²) >= 11 is 0. The first-order valence-corrected chi connectivity index (χ1v) is 10.1. The summed E-state index contributed by atoms with van der Waals surface area (Å²) in [6.45, 7) is 4.13. The molecule has 2 aliphatic rings. The van der Waals surface area contributed by atoms with E-state index in [9.17, 15) is 9.59 Å². The van der Waals surface area contributed by atoms with Gasteiger partial charge in [0.05, 0.1) is 0 Å². The van der Waals surface area contributed by atoms with Crippen LogP contribution in [0, 0.1) is 0 Å². The van der Waals surface area contributed by atoms with Gasteiger partial charge in [0, 0.05) is 37.3 Å². The predicted octanol–water partition coefficient (Wildman–Crippen LogP) is 3.13. The monoisotopic (exact) mass is 377 g/mol. The second-order valence-corrected chi connectivity index (χ2v) is 7.70. The minimum atomic E-state index is -0.0252. The third-order valence-corrected chi connectivity index (χ3v) is 5.73. The lowest BCUT2D eigenvalue weighted by Crippen LogP contribution is -2.37. The summed E-state index contributed by atoms with van der Waals surface area (Å²) in [6, 6.07) is 14.4. The van der Waals surface area contributed by atoms with Crippen molar-refractivity contribution in [3.8, 4) is 11.1 Å². The Bertz CT molecular complexity index is 870. The highest BCUT2D eigenvalue weighted by atomic mass is 16.2. The Balaban J connectivity index is 1.46. The Morgan fingerprint density at radius 2 is 1.89 bits per heavy atom. The zero-order chi connectivity index (χ0) is 19.5. The number of nitrogens with zero attached hydrogens (tertiary/aromatic N) is 1. The second-order valence-electron chi connectivity index (χ2n) is 7.70. The fraction of sp³-hybridized carbons (Fsp3) is 0.391. The van der Waals surface area contributed by atoms with Gasteiger partial charge in [0.2, 0.25) is 5.91 Å². The molecule has 1 saturated heterocycles. The van der Waals surface area contributed by atoms with Crippen LogP contribution in [0.25, 0.3) is 11.1 Å². The normalized spacial score (nSPS) is 18.6. The molecule has 0 aromatic heterocycles. The van der Waals surface area contributed by atoms with Crippen LogP contribution in [0.2, 0.25) is 0 Å². The SMILES string of the molecule is CC(=O)N1CCCc2cc(-c3ccc(C(=O)NC[C@@H]4CCCN4)cc3)ccc21. The number of rotatable bonds is 4. The average molecular weight is 377 g/mol. The van der Waals surface area contributed by atoms with Gasteiger partial charge in [-0.1, -0.05) is 18.2 Å². The topological polar surface area (TPSA) is 61.4 Å². The van der Waals surface area contributed by atoms with Crippen molar-refractivity contribution in [2.75, 3.05) is 24.5 Å². The van der Waals surface area contributed by atoms with Crippen LogP contribution in [0.15, 0.2) is 42.5 Å². The summed E-state index contributed by atoms with van der Waals surface area (Å²) in [6.07, 6.45) is 4.28. The van der Waals surface area contributed by atoms with Crippen molar-refractivity contribution >= 4 is 17.5 Å². The van der Waals surface area contributed by atoms with Crippen LogP contribution in [0.5, 0.6) is 0 Å². The summed E-state index contributed by atoms with van der Waals surface area (Å²) in [5.41, 5.74) is 5.12. The number of anilines is 1. The first-order valence-electron chi connectivity index (χ1n) is 10.1. The maximum absolute atomic E-state index is 12.4. The molecule has 0 spiro atoms. The maximum atomic E-state index is 12.4. The fourth-order valence-electron chi connectivity index (χ4n) is 4.17. The van der Waals surface area contributed by atoms with Gasteiger partial charge >= 0.3 is 0 Å². The Hall–Kier alpha value is -2.66. The Kier molecular flexibility index (Phi) is 5.44. The number of hydrogen-bond donors (Lipinski definition) is 2. The molecule has 2 heterocycles. The van der Waals surface area contributed by atoms with E-state index in [4.69, 9.17) is 0 Å². The molecule has 5 heteroatoms. The van der Waals surface area contributed by atoms with Crippen molar-refractivity contribution in [2.45, 2.75) is 38.6 Å². The van der Waals surface area contributed by atoms with Gasteiger partial charge in [0.15, 0.2) is 0 Å². The molecule has 0 unspecified atom stereocenters. The fourth-order valence-corrected chi connectivity index (χ4v) is 4.17. The summed E-state index contributed by atoms with van der Waals surface area (Å²) < 4.78 is 0. The highest BCUT2D eigenvalue weighted by Crippen LogP contribution is 2.31. The Morgan fingerprint density at radius 3 is 2.61 bits per heavy atom. The number of nitrogens with one attached hydrogen (secondary N) is 2. The highest BCUT2D eigenvalue weighted by Gasteiger charge is 2.20. The van der Waals surface area contributed by atoms with Crippen LogP contribution >= 0.6 is 0 Å². The van der Waals surface area contributed by atoms with Gasteiger partial charge < -0.3 is 15.5 Å². The molecular weight excluding hydrogens is 350 g/mol. The lowest BCUT2D eigenvalue weighted by Gasteiger charge is -2.29. The van der Waals surface area contributed by atoms with Gasteiger partial charge in [-0.3, -0.25) is 9.59 Å². The molecule has 2 aromatic rings. The molecule has 4 rings (SSSR count). The van der Waals surface area contributed by atoms with Crippen molar-refractivity contribution in [3.63, 3.8) is 0 Å². The van der Waals surface area contributed by atoms with E-state index in [-0.39, 0.29) is 11.8 Å². The summed E-state index contributed by atoms with van der Waals surface area (Å²) in [4.78, 5) is 26.1. The molecule has 5 nitrogen and oxygen atoms in total. The van der Waals surface area contributed by atoms with Gasteiger partial charge in [-0.05, 0) is 73.2 Å². The molecule has 28 heavy (non-hydrogen) atoms. The van der Waals surface area contributed by atoms with E-state index < -0.39 is 0 Å². The number of amides is 2. The Labute approximate surface area is 166 Å². The van der Waals surface area contributed by atoms with Crippen molar-refractivity contribution in [1.29, 1.82) is 0 Å². The second kappa shape index (κ2) is 8.15. The molecule has 2 N–H and O–H groups in total. The van der Waals surface area contributed by atoms with Gasteiger partial charge in [0.25, 0.3) is 5.91 Å². The quantitative estimate of drug-likeness (QED) is 0.861. The van der Waals surface area contributed by atoms with Gasteiger partial charge in [-0.15, -0.1) is 0 Å². The van der Waals surface area contributed by atoms with Crippen molar-refractivity contribution in [1.82, 2.24) is 10.6 Å². The summed E-state index contributed by atoms with van der Waals surface area (Å²) in [5, 5.41) is 6.41. The number of benzene rings is 2. The number of hydrogen-bond acceptors (Lipinski definition) is 3. The molecule has 2 aromatic carbocycles. The first-order chi connectivity index (χ1) is 13.6. The van der Waals surface area contributed by atoms with E-state index in [0.29, 0.717) is 18.2 Å².